The molecule has 0 unspecified atom stereocenters. The molecule has 7 heteroatoms. The number of nitrogens with two attached hydrogens (primary N) is 1. The molecule has 0 bridgehead atoms. The van der Waals surface area contributed by atoms with Gasteiger partial charge in [-0.3, -0.25) is 9.88 Å². The molecule has 0 atom stereocenters. The van der Waals surface area contributed by atoms with Crippen LogP contribution in [-0.4, -0.2) is 55.2 Å². The number of benzene rings is 1. The fourth-order valence-corrected chi connectivity index (χ4v) is 2.95. The maximum atomic E-state index is 5.98. The Balaban J connectivity index is 1.37. The highest BCUT2D eigenvalue weighted by Crippen LogP contribution is 2.15. The van der Waals surface area contributed by atoms with E-state index in [0.29, 0.717) is 19.1 Å². The summed E-state index contributed by atoms with van der Waals surface area (Å²) in [5.41, 5.74) is 7.93. The maximum Gasteiger partial charge on any atom is 0.188 e. The molecule has 3 rings (SSSR count). The Morgan fingerprint density at radius 1 is 1.21 bits per heavy atom. The first-order valence-corrected chi connectivity index (χ1v) is 9.75. The van der Waals surface area contributed by atoms with Gasteiger partial charge in [-0.25, -0.2) is 4.99 Å². The molecule has 0 aliphatic carbocycles. The van der Waals surface area contributed by atoms with Gasteiger partial charge >= 0.3 is 0 Å². The minimum Gasteiger partial charge on any atom is -0.487 e. The van der Waals surface area contributed by atoms with E-state index in [9.17, 15) is 0 Å². The summed E-state index contributed by atoms with van der Waals surface area (Å²) in [6, 6.07) is 13.7. The number of nitrogens with one attached hydrogen (secondary N) is 1. The van der Waals surface area contributed by atoms with E-state index in [2.05, 4.69) is 20.2 Å². The molecule has 0 amide bonds. The highest BCUT2D eigenvalue weighted by atomic mass is 16.5. The number of ether oxygens (including phenoxy) is 2. The Morgan fingerprint density at radius 3 is 2.93 bits per heavy atom. The summed E-state index contributed by atoms with van der Waals surface area (Å²) in [7, 11) is 0. The summed E-state index contributed by atoms with van der Waals surface area (Å²) in [5.74, 6) is 1.28. The van der Waals surface area contributed by atoms with Crippen molar-refractivity contribution < 1.29 is 9.47 Å². The molecule has 1 saturated heterocycles. The SMILES string of the molecule is NC(=NCc1cccc(OCc2ccccn2)c1)NCCCN1CCOCC1. The van der Waals surface area contributed by atoms with E-state index in [1.54, 1.807) is 6.20 Å². The first-order chi connectivity index (χ1) is 13.8. The molecule has 7 nitrogen and oxygen atoms in total. The number of aromatic nitrogens is 1. The quantitative estimate of drug-likeness (QED) is 0.390. The van der Waals surface area contributed by atoms with E-state index in [1.165, 1.54) is 0 Å². The number of morpholine rings is 1. The maximum absolute atomic E-state index is 5.98. The molecule has 1 fully saturated rings. The highest BCUT2D eigenvalue weighted by Gasteiger charge is 2.09. The van der Waals surface area contributed by atoms with Crippen LogP contribution in [0.4, 0.5) is 0 Å². The number of rotatable bonds is 9. The predicted molar refractivity (Wildman–Crippen MR) is 110 cm³/mol. The average Bonchev–Trinajstić information content (AvgIpc) is 2.76. The van der Waals surface area contributed by atoms with Crippen LogP contribution in [0, 0.1) is 0 Å². The minimum absolute atomic E-state index is 0.445. The standard InChI is InChI=1S/C21H29N5O2/c22-21(24-9-4-10-26-11-13-27-14-12-26)25-16-18-5-3-7-20(15-18)28-17-19-6-1-2-8-23-19/h1-3,5-8,15H,4,9-14,16-17H2,(H3,22,24,25). The third kappa shape index (κ3) is 7.17. The molecule has 150 valence electrons. The van der Waals surface area contributed by atoms with Gasteiger partial charge in [0.25, 0.3) is 0 Å². The monoisotopic (exact) mass is 383 g/mol. The van der Waals surface area contributed by atoms with Gasteiger partial charge in [-0.15, -0.1) is 0 Å². The van der Waals surface area contributed by atoms with Crippen LogP contribution in [-0.2, 0) is 17.9 Å². The minimum atomic E-state index is 0.445. The van der Waals surface area contributed by atoms with E-state index in [1.807, 2.05) is 42.5 Å². The number of nitrogens with zero attached hydrogens (tertiary/aromatic N) is 3. The van der Waals surface area contributed by atoms with Crippen molar-refractivity contribution in [1.29, 1.82) is 0 Å². The first-order valence-electron chi connectivity index (χ1n) is 9.75. The number of aliphatic imine (C=N–C) groups is 1. The summed E-state index contributed by atoms with van der Waals surface area (Å²) >= 11 is 0. The lowest BCUT2D eigenvalue weighted by Crippen LogP contribution is -2.39. The first kappa shape index (κ1) is 20.1. The second kappa shape index (κ2) is 11.3. The zero-order valence-corrected chi connectivity index (χ0v) is 16.2. The summed E-state index contributed by atoms with van der Waals surface area (Å²) in [5, 5.41) is 3.18. The van der Waals surface area contributed by atoms with Crippen molar-refractivity contribution in [3.8, 4) is 5.75 Å². The van der Waals surface area contributed by atoms with Gasteiger partial charge in [-0.1, -0.05) is 18.2 Å². The van der Waals surface area contributed by atoms with Crippen molar-refractivity contribution in [2.24, 2.45) is 10.7 Å². The van der Waals surface area contributed by atoms with Gasteiger partial charge in [0.15, 0.2) is 5.96 Å². The Labute approximate surface area is 166 Å². The fraction of sp³-hybridized carbons (Fsp3) is 0.429. The van der Waals surface area contributed by atoms with Crippen LogP contribution in [0.15, 0.2) is 53.7 Å². The summed E-state index contributed by atoms with van der Waals surface area (Å²) in [4.78, 5) is 11.1. The van der Waals surface area contributed by atoms with Crippen LogP contribution >= 0.6 is 0 Å². The third-order valence-electron chi connectivity index (χ3n) is 4.50. The van der Waals surface area contributed by atoms with Crippen LogP contribution in [0.2, 0.25) is 0 Å². The highest BCUT2D eigenvalue weighted by molar-refractivity contribution is 5.77. The molecular weight excluding hydrogens is 354 g/mol. The van der Waals surface area contributed by atoms with E-state index in [-0.39, 0.29) is 0 Å². The Hall–Kier alpha value is -2.64. The lowest BCUT2D eigenvalue weighted by Gasteiger charge is -2.26. The van der Waals surface area contributed by atoms with E-state index >= 15 is 0 Å². The smallest absolute Gasteiger partial charge is 0.188 e. The molecule has 1 aromatic carbocycles. The van der Waals surface area contributed by atoms with Crippen molar-refractivity contribution in [2.75, 3.05) is 39.4 Å². The Kier molecular flexibility index (Phi) is 8.08. The number of hydrogen-bond donors (Lipinski definition) is 2. The predicted octanol–water partition coefficient (Wildman–Crippen LogP) is 1.79. The molecule has 1 aliphatic heterocycles. The lowest BCUT2D eigenvalue weighted by atomic mass is 10.2. The molecular formula is C21H29N5O2. The molecule has 0 spiro atoms. The van der Waals surface area contributed by atoms with Crippen LogP contribution < -0.4 is 15.8 Å². The third-order valence-corrected chi connectivity index (χ3v) is 4.50. The van der Waals surface area contributed by atoms with Gasteiger partial charge in [0.1, 0.15) is 12.4 Å². The van der Waals surface area contributed by atoms with Gasteiger partial charge in [-0.05, 0) is 42.8 Å². The Morgan fingerprint density at radius 2 is 2.11 bits per heavy atom. The largest absolute Gasteiger partial charge is 0.487 e. The van der Waals surface area contributed by atoms with Gasteiger partial charge in [0, 0.05) is 25.8 Å². The van der Waals surface area contributed by atoms with Crippen LogP contribution in [0.25, 0.3) is 0 Å². The Bertz CT molecular complexity index is 733. The van der Waals surface area contributed by atoms with Gasteiger partial charge in [0.2, 0.25) is 0 Å². The average molecular weight is 383 g/mol. The molecule has 1 aromatic heterocycles. The molecule has 3 N–H and O–H groups in total. The lowest BCUT2D eigenvalue weighted by molar-refractivity contribution is 0.0376. The van der Waals surface area contributed by atoms with Crippen LogP contribution in [0.3, 0.4) is 0 Å². The van der Waals surface area contributed by atoms with Crippen molar-refractivity contribution in [2.45, 2.75) is 19.6 Å². The number of hydrogen-bond acceptors (Lipinski definition) is 5. The fourth-order valence-electron chi connectivity index (χ4n) is 2.95. The summed E-state index contributed by atoms with van der Waals surface area (Å²) in [6.45, 7) is 6.54. The summed E-state index contributed by atoms with van der Waals surface area (Å²) < 4.78 is 11.2. The second-order valence-corrected chi connectivity index (χ2v) is 6.69. The van der Waals surface area contributed by atoms with Gasteiger partial charge < -0.3 is 20.5 Å². The molecule has 0 radical (unpaired) electrons. The topological polar surface area (TPSA) is 85.0 Å². The van der Waals surface area contributed by atoms with Crippen LogP contribution in [0.5, 0.6) is 5.75 Å². The van der Waals surface area contributed by atoms with Gasteiger partial charge in [0.05, 0.1) is 25.5 Å². The molecule has 28 heavy (non-hydrogen) atoms. The second-order valence-electron chi connectivity index (χ2n) is 6.69. The van der Waals surface area contributed by atoms with Crippen molar-refractivity contribution in [3.05, 3.63) is 59.9 Å². The van der Waals surface area contributed by atoms with Crippen molar-refractivity contribution in [1.82, 2.24) is 15.2 Å². The molecule has 2 heterocycles. The van der Waals surface area contributed by atoms with Crippen molar-refractivity contribution in [3.63, 3.8) is 0 Å². The normalized spacial score (nSPS) is 15.4. The number of guanidine groups is 1. The molecule has 0 saturated carbocycles. The zero-order chi connectivity index (χ0) is 19.4. The van der Waals surface area contributed by atoms with Crippen molar-refractivity contribution >= 4 is 5.96 Å². The number of pyridine rings is 1. The van der Waals surface area contributed by atoms with E-state index in [4.69, 9.17) is 15.2 Å². The summed E-state index contributed by atoms with van der Waals surface area (Å²) in [6.07, 6.45) is 2.80. The van der Waals surface area contributed by atoms with E-state index in [0.717, 1.165) is 62.8 Å². The molecule has 2 aromatic rings. The molecule has 1 aliphatic rings. The zero-order valence-electron chi connectivity index (χ0n) is 16.2. The van der Waals surface area contributed by atoms with Gasteiger partial charge in [-0.2, -0.15) is 0 Å². The van der Waals surface area contributed by atoms with Crippen LogP contribution in [0.1, 0.15) is 17.7 Å². The van der Waals surface area contributed by atoms with E-state index < -0.39 is 0 Å².